The molecule has 2 heterocycles. The molecule has 1 aliphatic rings. The predicted molar refractivity (Wildman–Crippen MR) is 61.5 cm³/mol. The van der Waals surface area contributed by atoms with E-state index < -0.39 is 0 Å². The second-order valence-corrected chi connectivity index (χ2v) is 4.20. The monoisotopic (exact) mass is 214 g/mol. The minimum Gasteiger partial charge on any atom is -0.388 e. The zero-order chi connectivity index (χ0) is 11.0. The maximum absolute atomic E-state index is 9.90. The van der Waals surface area contributed by atoms with Gasteiger partial charge in [0.15, 0.2) is 0 Å². The topological polar surface area (TPSA) is 38.0 Å². The fraction of sp³-hybridized carbons (Fsp3) is 0.308. The molecular weight excluding hydrogens is 200 g/mol. The molecule has 0 radical (unpaired) electrons. The van der Waals surface area contributed by atoms with Crippen LogP contribution in [0.4, 0.5) is 0 Å². The molecule has 1 N–H and O–H groups in total. The highest BCUT2D eigenvalue weighted by Gasteiger charge is 2.21. The normalized spacial score (nSPS) is 19.4. The first kappa shape index (κ1) is 9.60. The molecule has 82 valence electrons. The third-order valence-electron chi connectivity index (χ3n) is 3.22. The lowest BCUT2D eigenvalue weighted by Crippen LogP contribution is -2.10. The molecule has 0 bridgehead atoms. The summed E-state index contributed by atoms with van der Waals surface area (Å²) in [5, 5.41) is 9.90. The Balaban J connectivity index is 2.10. The van der Waals surface area contributed by atoms with E-state index in [9.17, 15) is 5.11 Å². The van der Waals surface area contributed by atoms with E-state index in [-0.39, 0.29) is 6.10 Å². The van der Waals surface area contributed by atoms with Crippen LogP contribution in [0, 0.1) is 0 Å². The fourth-order valence-electron chi connectivity index (χ4n) is 2.41. The molecule has 3 heteroatoms. The van der Waals surface area contributed by atoms with E-state index in [1.54, 1.807) is 12.4 Å². The highest BCUT2D eigenvalue weighted by Crippen LogP contribution is 2.31. The predicted octanol–water partition coefficient (Wildman–Crippen LogP) is 2.24. The lowest BCUT2D eigenvalue weighted by atomic mass is 9.95. The minimum atomic E-state index is -0.285. The first-order valence-corrected chi connectivity index (χ1v) is 5.65. The van der Waals surface area contributed by atoms with Crippen LogP contribution < -0.4 is 0 Å². The van der Waals surface area contributed by atoms with E-state index in [0.29, 0.717) is 0 Å². The average Bonchev–Trinajstić information content (AvgIpc) is 2.75. The standard InChI is InChI=1S/C13H14N2O/c16-13-3-1-2-12-11(13)6-9-15(12)10-4-7-14-8-5-10/h4-9,13,16H,1-3H2. The Morgan fingerprint density at radius 2 is 2.06 bits per heavy atom. The van der Waals surface area contributed by atoms with Gasteiger partial charge in [-0.3, -0.25) is 4.98 Å². The van der Waals surface area contributed by atoms with Crippen molar-refractivity contribution in [3.63, 3.8) is 0 Å². The lowest BCUT2D eigenvalue weighted by Gasteiger charge is -2.20. The van der Waals surface area contributed by atoms with Gasteiger partial charge in [0.1, 0.15) is 0 Å². The van der Waals surface area contributed by atoms with E-state index in [2.05, 4.69) is 9.55 Å². The SMILES string of the molecule is OC1CCCc2c1ccn2-c1ccncc1. The number of hydrogen-bond donors (Lipinski definition) is 1. The Labute approximate surface area is 94.4 Å². The smallest absolute Gasteiger partial charge is 0.0807 e. The van der Waals surface area contributed by atoms with Crippen LogP contribution in [0.3, 0.4) is 0 Å². The third-order valence-corrected chi connectivity index (χ3v) is 3.22. The Morgan fingerprint density at radius 3 is 2.88 bits per heavy atom. The molecule has 2 aromatic heterocycles. The van der Waals surface area contributed by atoms with Crippen molar-refractivity contribution in [2.45, 2.75) is 25.4 Å². The summed E-state index contributed by atoms with van der Waals surface area (Å²) >= 11 is 0. The number of aromatic nitrogens is 2. The van der Waals surface area contributed by atoms with Gasteiger partial charge in [0.25, 0.3) is 0 Å². The van der Waals surface area contributed by atoms with Crippen LogP contribution in [-0.2, 0) is 6.42 Å². The quantitative estimate of drug-likeness (QED) is 0.790. The lowest BCUT2D eigenvalue weighted by molar-refractivity contribution is 0.156. The summed E-state index contributed by atoms with van der Waals surface area (Å²) in [5.74, 6) is 0. The first-order valence-electron chi connectivity index (χ1n) is 5.65. The Hall–Kier alpha value is -1.61. The molecule has 1 unspecified atom stereocenters. The molecule has 16 heavy (non-hydrogen) atoms. The number of aliphatic hydroxyl groups excluding tert-OH is 1. The van der Waals surface area contributed by atoms with Crippen LogP contribution in [0.25, 0.3) is 5.69 Å². The van der Waals surface area contributed by atoms with Crippen molar-refractivity contribution in [3.8, 4) is 5.69 Å². The Kier molecular flexibility index (Phi) is 2.26. The van der Waals surface area contributed by atoms with Gasteiger partial charge in [0, 0.05) is 35.5 Å². The number of aliphatic hydroxyl groups is 1. The number of rotatable bonds is 1. The molecule has 1 aliphatic carbocycles. The van der Waals surface area contributed by atoms with E-state index in [0.717, 1.165) is 30.5 Å². The van der Waals surface area contributed by atoms with Crippen molar-refractivity contribution in [3.05, 3.63) is 48.0 Å². The fourth-order valence-corrected chi connectivity index (χ4v) is 2.41. The number of nitrogens with zero attached hydrogens (tertiary/aromatic N) is 2. The van der Waals surface area contributed by atoms with E-state index in [1.807, 2.05) is 24.4 Å². The summed E-state index contributed by atoms with van der Waals surface area (Å²) < 4.78 is 2.15. The summed E-state index contributed by atoms with van der Waals surface area (Å²) in [5.41, 5.74) is 3.44. The van der Waals surface area contributed by atoms with Crippen molar-refractivity contribution in [2.75, 3.05) is 0 Å². The molecule has 1 atom stereocenters. The summed E-state index contributed by atoms with van der Waals surface area (Å²) in [4.78, 5) is 4.02. The molecule has 0 aromatic carbocycles. The Bertz CT molecular complexity index is 490. The molecule has 3 rings (SSSR count). The van der Waals surface area contributed by atoms with Gasteiger partial charge in [0.2, 0.25) is 0 Å². The molecule has 0 saturated carbocycles. The van der Waals surface area contributed by atoms with Gasteiger partial charge in [-0.05, 0) is 37.5 Å². The first-order chi connectivity index (χ1) is 7.86. The molecule has 2 aromatic rings. The summed E-state index contributed by atoms with van der Waals surface area (Å²) in [7, 11) is 0. The largest absolute Gasteiger partial charge is 0.388 e. The van der Waals surface area contributed by atoms with E-state index in [4.69, 9.17) is 0 Å². The van der Waals surface area contributed by atoms with Crippen LogP contribution in [0.1, 0.15) is 30.2 Å². The zero-order valence-corrected chi connectivity index (χ0v) is 9.00. The van der Waals surface area contributed by atoms with Gasteiger partial charge in [-0.2, -0.15) is 0 Å². The molecule has 0 spiro atoms. The van der Waals surface area contributed by atoms with Gasteiger partial charge in [-0.25, -0.2) is 0 Å². The molecule has 0 amide bonds. The van der Waals surface area contributed by atoms with Crippen molar-refractivity contribution < 1.29 is 5.11 Å². The maximum Gasteiger partial charge on any atom is 0.0807 e. The van der Waals surface area contributed by atoms with Crippen LogP contribution in [0.5, 0.6) is 0 Å². The van der Waals surface area contributed by atoms with Crippen molar-refractivity contribution in [1.82, 2.24) is 9.55 Å². The van der Waals surface area contributed by atoms with Crippen molar-refractivity contribution in [1.29, 1.82) is 0 Å². The van der Waals surface area contributed by atoms with Crippen LogP contribution in [0.2, 0.25) is 0 Å². The maximum atomic E-state index is 9.90. The minimum absolute atomic E-state index is 0.285. The number of hydrogen-bond acceptors (Lipinski definition) is 2. The highest BCUT2D eigenvalue weighted by molar-refractivity contribution is 5.38. The zero-order valence-electron chi connectivity index (χ0n) is 9.00. The second-order valence-electron chi connectivity index (χ2n) is 4.20. The highest BCUT2D eigenvalue weighted by atomic mass is 16.3. The van der Waals surface area contributed by atoms with Gasteiger partial charge in [0.05, 0.1) is 6.10 Å². The number of pyridine rings is 1. The summed E-state index contributed by atoms with van der Waals surface area (Å²) in [6.45, 7) is 0. The van der Waals surface area contributed by atoms with E-state index >= 15 is 0 Å². The molecule has 0 fully saturated rings. The molecular formula is C13H14N2O. The van der Waals surface area contributed by atoms with Gasteiger partial charge < -0.3 is 9.67 Å². The van der Waals surface area contributed by atoms with Crippen LogP contribution >= 0.6 is 0 Å². The Morgan fingerprint density at radius 1 is 1.25 bits per heavy atom. The van der Waals surface area contributed by atoms with Gasteiger partial charge in [-0.1, -0.05) is 0 Å². The summed E-state index contributed by atoms with van der Waals surface area (Å²) in [6.07, 6.45) is 8.32. The molecule has 0 saturated heterocycles. The van der Waals surface area contributed by atoms with Gasteiger partial charge >= 0.3 is 0 Å². The number of fused-ring (bicyclic) bond motifs is 1. The van der Waals surface area contributed by atoms with Crippen molar-refractivity contribution in [2.24, 2.45) is 0 Å². The summed E-state index contributed by atoms with van der Waals surface area (Å²) in [6, 6.07) is 6.00. The molecule has 3 nitrogen and oxygen atoms in total. The van der Waals surface area contributed by atoms with Crippen molar-refractivity contribution >= 4 is 0 Å². The second kappa shape index (κ2) is 3.76. The van der Waals surface area contributed by atoms with Gasteiger partial charge in [-0.15, -0.1) is 0 Å². The third kappa shape index (κ3) is 1.44. The molecule has 0 aliphatic heterocycles. The van der Waals surface area contributed by atoms with Crippen LogP contribution in [-0.4, -0.2) is 14.7 Å². The van der Waals surface area contributed by atoms with Crippen LogP contribution in [0.15, 0.2) is 36.8 Å². The average molecular weight is 214 g/mol. The van der Waals surface area contributed by atoms with E-state index in [1.165, 1.54) is 5.69 Å².